The number of hydrogen-bond acceptors (Lipinski definition) is 5. The van der Waals surface area contributed by atoms with Crippen LogP contribution in [0.1, 0.15) is 40.6 Å². The lowest BCUT2D eigenvalue weighted by Crippen LogP contribution is -2.26. The van der Waals surface area contributed by atoms with E-state index in [1.165, 1.54) is 11.3 Å². The zero-order valence-electron chi connectivity index (χ0n) is 14.8. The zero-order valence-corrected chi connectivity index (χ0v) is 16.3. The SMILES string of the molecule is CCOC(=O)C(=O)Nc1sc2c(c1C(=O)Nc1ccc(Cl)cc1)CCCC2. The van der Waals surface area contributed by atoms with Crippen LogP contribution < -0.4 is 10.6 Å². The Labute approximate surface area is 165 Å². The summed E-state index contributed by atoms with van der Waals surface area (Å²) in [4.78, 5) is 37.7. The van der Waals surface area contributed by atoms with Gasteiger partial charge in [0.2, 0.25) is 0 Å². The smallest absolute Gasteiger partial charge is 0.397 e. The van der Waals surface area contributed by atoms with Crippen LogP contribution in [0.25, 0.3) is 0 Å². The summed E-state index contributed by atoms with van der Waals surface area (Å²) in [5.74, 6) is -2.17. The summed E-state index contributed by atoms with van der Waals surface area (Å²) in [5, 5.41) is 6.34. The number of anilines is 2. The first-order chi connectivity index (χ1) is 13.0. The minimum absolute atomic E-state index is 0.108. The van der Waals surface area contributed by atoms with Gasteiger partial charge in [-0.05, 0) is 62.4 Å². The topological polar surface area (TPSA) is 84.5 Å². The van der Waals surface area contributed by atoms with Gasteiger partial charge in [0.05, 0.1) is 12.2 Å². The first-order valence-corrected chi connectivity index (χ1v) is 9.88. The van der Waals surface area contributed by atoms with Gasteiger partial charge >= 0.3 is 11.9 Å². The molecule has 0 bridgehead atoms. The van der Waals surface area contributed by atoms with Crippen molar-refractivity contribution < 1.29 is 19.1 Å². The van der Waals surface area contributed by atoms with Gasteiger partial charge in [0.1, 0.15) is 5.00 Å². The predicted molar refractivity (Wildman–Crippen MR) is 106 cm³/mol. The van der Waals surface area contributed by atoms with Gasteiger partial charge in [0.25, 0.3) is 5.91 Å². The Bertz CT molecular complexity index is 877. The number of aryl methyl sites for hydroxylation is 1. The molecule has 3 rings (SSSR count). The van der Waals surface area contributed by atoms with E-state index >= 15 is 0 Å². The Morgan fingerprint density at radius 2 is 1.81 bits per heavy atom. The molecule has 0 atom stereocenters. The number of thiophene rings is 1. The molecule has 0 saturated heterocycles. The number of halogens is 1. The van der Waals surface area contributed by atoms with Gasteiger partial charge in [0, 0.05) is 15.6 Å². The molecule has 1 aromatic heterocycles. The fraction of sp³-hybridized carbons (Fsp3) is 0.316. The molecule has 1 aliphatic carbocycles. The molecule has 0 unspecified atom stereocenters. The summed E-state index contributed by atoms with van der Waals surface area (Å²) >= 11 is 7.22. The minimum Gasteiger partial charge on any atom is -0.459 e. The number of fused-ring (bicyclic) bond motifs is 1. The number of hydrogen-bond donors (Lipinski definition) is 2. The number of amides is 2. The molecule has 8 heteroatoms. The Balaban J connectivity index is 1.88. The van der Waals surface area contributed by atoms with Crippen molar-refractivity contribution in [1.29, 1.82) is 0 Å². The molecule has 1 aromatic carbocycles. The summed E-state index contributed by atoms with van der Waals surface area (Å²) in [6.45, 7) is 1.73. The molecule has 6 nitrogen and oxygen atoms in total. The van der Waals surface area contributed by atoms with Crippen LogP contribution in [0.15, 0.2) is 24.3 Å². The van der Waals surface area contributed by atoms with Crippen molar-refractivity contribution in [2.75, 3.05) is 17.2 Å². The normalized spacial score (nSPS) is 12.8. The first kappa shape index (κ1) is 19.4. The van der Waals surface area contributed by atoms with Gasteiger partial charge in [-0.3, -0.25) is 9.59 Å². The quantitative estimate of drug-likeness (QED) is 0.593. The van der Waals surface area contributed by atoms with Gasteiger partial charge in [-0.25, -0.2) is 4.79 Å². The molecule has 0 saturated carbocycles. The average Bonchev–Trinajstić information content (AvgIpc) is 3.01. The predicted octanol–water partition coefficient (Wildman–Crippen LogP) is 4.03. The summed E-state index contributed by atoms with van der Waals surface area (Å²) in [6.07, 6.45) is 3.65. The molecule has 2 amide bonds. The van der Waals surface area contributed by atoms with E-state index in [4.69, 9.17) is 16.3 Å². The summed E-state index contributed by atoms with van der Waals surface area (Å²) in [5.41, 5.74) is 1.96. The van der Waals surface area contributed by atoms with E-state index in [9.17, 15) is 14.4 Å². The van der Waals surface area contributed by atoms with Crippen LogP contribution in [0.5, 0.6) is 0 Å². The number of carbonyl (C=O) groups is 3. The van der Waals surface area contributed by atoms with E-state index < -0.39 is 11.9 Å². The third kappa shape index (κ3) is 4.48. The number of ether oxygens (including phenoxy) is 1. The van der Waals surface area contributed by atoms with Crippen LogP contribution in [0.4, 0.5) is 10.7 Å². The minimum atomic E-state index is -0.965. The van der Waals surface area contributed by atoms with Crippen LogP contribution in [0, 0.1) is 0 Å². The Hall–Kier alpha value is -2.38. The molecule has 0 radical (unpaired) electrons. The van der Waals surface area contributed by atoms with Gasteiger partial charge < -0.3 is 15.4 Å². The highest BCUT2D eigenvalue weighted by Crippen LogP contribution is 2.38. The molecule has 0 aliphatic heterocycles. The molecule has 142 valence electrons. The van der Waals surface area contributed by atoms with Crippen molar-refractivity contribution in [2.24, 2.45) is 0 Å². The maximum absolute atomic E-state index is 12.9. The van der Waals surface area contributed by atoms with Gasteiger partial charge in [-0.15, -0.1) is 11.3 Å². The number of carbonyl (C=O) groups excluding carboxylic acids is 3. The number of benzene rings is 1. The van der Waals surface area contributed by atoms with E-state index in [-0.39, 0.29) is 12.5 Å². The highest BCUT2D eigenvalue weighted by molar-refractivity contribution is 7.17. The summed E-state index contributed by atoms with van der Waals surface area (Å²) in [7, 11) is 0. The second-order valence-corrected chi connectivity index (χ2v) is 7.59. The van der Waals surface area contributed by atoms with Crippen LogP contribution in [0.3, 0.4) is 0 Å². The maximum atomic E-state index is 12.9. The second kappa shape index (κ2) is 8.54. The van der Waals surface area contributed by atoms with Crippen molar-refractivity contribution in [2.45, 2.75) is 32.6 Å². The monoisotopic (exact) mass is 406 g/mol. The highest BCUT2D eigenvalue weighted by Gasteiger charge is 2.28. The third-order valence-corrected chi connectivity index (χ3v) is 5.65. The molecule has 1 aliphatic rings. The van der Waals surface area contributed by atoms with Crippen molar-refractivity contribution in [1.82, 2.24) is 0 Å². The molecule has 1 heterocycles. The fourth-order valence-electron chi connectivity index (χ4n) is 2.97. The number of esters is 1. The fourth-order valence-corrected chi connectivity index (χ4v) is 4.38. The number of rotatable bonds is 4. The maximum Gasteiger partial charge on any atom is 0.397 e. The lowest BCUT2D eigenvalue weighted by molar-refractivity contribution is -0.152. The molecule has 0 fully saturated rings. The van der Waals surface area contributed by atoms with Crippen molar-refractivity contribution >= 4 is 51.4 Å². The van der Waals surface area contributed by atoms with Gasteiger partial charge in [-0.1, -0.05) is 11.6 Å². The molecular weight excluding hydrogens is 388 g/mol. The van der Waals surface area contributed by atoms with Gasteiger partial charge in [0.15, 0.2) is 0 Å². The summed E-state index contributed by atoms with van der Waals surface area (Å²) in [6, 6.07) is 6.78. The van der Waals surface area contributed by atoms with E-state index in [0.717, 1.165) is 36.1 Å². The third-order valence-electron chi connectivity index (χ3n) is 4.19. The van der Waals surface area contributed by atoms with Crippen LogP contribution in [0.2, 0.25) is 5.02 Å². The van der Waals surface area contributed by atoms with Crippen molar-refractivity contribution in [3.63, 3.8) is 0 Å². The van der Waals surface area contributed by atoms with E-state index in [1.54, 1.807) is 31.2 Å². The van der Waals surface area contributed by atoms with Gasteiger partial charge in [-0.2, -0.15) is 0 Å². The molecule has 27 heavy (non-hydrogen) atoms. The molecule has 2 N–H and O–H groups in total. The Morgan fingerprint density at radius 3 is 2.52 bits per heavy atom. The average molecular weight is 407 g/mol. The van der Waals surface area contributed by atoms with Crippen LogP contribution in [-0.4, -0.2) is 24.4 Å². The van der Waals surface area contributed by atoms with Crippen molar-refractivity contribution in [3.8, 4) is 0 Å². The Kier molecular flexibility index (Phi) is 6.13. The van der Waals surface area contributed by atoms with Crippen molar-refractivity contribution in [3.05, 3.63) is 45.3 Å². The molecule has 2 aromatic rings. The first-order valence-electron chi connectivity index (χ1n) is 8.69. The summed E-state index contributed by atoms with van der Waals surface area (Å²) < 4.78 is 4.73. The van der Waals surface area contributed by atoms with Crippen LogP contribution >= 0.6 is 22.9 Å². The molecule has 0 spiro atoms. The lowest BCUT2D eigenvalue weighted by Gasteiger charge is -2.13. The Morgan fingerprint density at radius 1 is 1.11 bits per heavy atom. The number of nitrogens with one attached hydrogen (secondary N) is 2. The van der Waals surface area contributed by atoms with E-state index in [1.807, 2.05) is 0 Å². The lowest BCUT2D eigenvalue weighted by atomic mass is 9.95. The zero-order chi connectivity index (χ0) is 19.4. The second-order valence-electron chi connectivity index (χ2n) is 6.05. The van der Waals surface area contributed by atoms with E-state index in [2.05, 4.69) is 10.6 Å². The molecular formula is C19H19ClN2O4S. The van der Waals surface area contributed by atoms with E-state index in [0.29, 0.717) is 21.3 Å². The van der Waals surface area contributed by atoms with Crippen LogP contribution in [-0.2, 0) is 27.2 Å². The largest absolute Gasteiger partial charge is 0.459 e. The highest BCUT2D eigenvalue weighted by atomic mass is 35.5. The standard InChI is InChI=1S/C19H19ClN2O4S/c1-2-26-19(25)17(24)22-18-15(13-5-3-4-6-14(13)27-18)16(23)21-12-9-7-11(20)8-10-12/h7-10H,2-6H2,1H3,(H,21,23)(H,22,24).